The third-order valence-electron chi connectivity index (χ3n) is 4.09. The maximum absolute atomic E-state index is 14.1. The molecule has 11 heteroatoms. The molecule has 7 nitrogen and oxygen atoms in total. The molecule has 0 unspecified atom stereocenters. The molecule has 1 N–H and O–H groups in total. The SMILES string of the molecule is COc1cc(Br)c(F)cc1-c1ncnc2cc(S(=O)(=O)Nc3ccsn3)ccc12. The van der Waals surface area contributed by atoms with Crippen molar-refractivity contribution in [1.82, 2.24) is 14.3 Å². The predicted molar refractivity (Wildman–Crippen MR) is 112 cm³/mol. The van der Waals surface area contributed by atoms with E-state index in [9.17, 15) is 12.8 Å². The molecule has 4 aromatic rings. The average Bonchev–Trinajstić information content (AvgIpc) is 3.21. The van der Waals surface area contributed by atoms with Crippen LogP contribution >= 0.6 is 27.5 Å². The van der Waals surface area contributed by atoms with Gasteiger partial charge in [-0.15, -0.1) is 0 Å². The van der Waals surface area contributed by atoms with Crippen molar-refractivity contribution in [3.63, 3.8) is 0 Å². The van der Waals surface area contributed by atoms with Crippen molar-refractivity contribution in [2.24, 2.45) is 0 Å². The molecule has 0 radical (unpaired) electrons. The number of sulfonamides is 1. The standard InChI is InChI=1S/C18H12BrFN4O3S2/c1-27-16-8-13(19)14(20)7-12(16)18-11-3-2-10(6-15(11)21-9-22-18)29(25,26)24-17-4-5-28-23-17/h2-9H,1H3,(H,23,24). The number of fused-ring (bicyclic) bond motifs is 1. The largest absolute Gasteiger partial charge is 0.496 e. The van der Waals surface area contributed by atoms with Gasteiger partial charge in [0.15, 0.2) is 5.82 Å². The van der Waals surface area contributed by atoms with Crippen molar-refractivity contribution >= 4 is 54.2 Å². The van der Waals surface area contributed by atoms with Gasteiger partial charge in [-0.05, 0) is 63.9 Å². The minimum atomic E-state index is -3.83. The van der Waals surface area contributed by atoms with E-state index < -0.39 is 15.8 Å². The van der Waals surface area contributed by atoms with Gasteiger partial charge in [0, 0.05) is 16.3 Å². The van der Waals surface area contributed by atoms with Crippen LogP contribution in [0.15, 0.2) is 57.5 Å². The highest BCUT2D eigenvalue weighted by molar-refractivity contribution is 9.10. The predicted octanol–water partition coefficient (Wildman–Crippen LogP) is 4.46. The summed E-state index contributed by atoms with van der Waals surface area (Å²) < 4.78 is 51.4. The number of rotatable bonds is 5. The number of nitrogens with zero attached hydrogens (tertiary/aromatic N) is 3. The van der Waals surface area contributed by atoms with Gasteiger partial charge in [0.2, 0.25) is 0 Å². The third-order valence-corrected chi connectivity index (χ3v) is 6.61. The fourth-order valence-electron chi connectivity index (χ4n) is 2.76. The summed E-state index contributed by atoms with van der Waals surface area (Å²) in [6.07, 6.45) is 1.29. The Morgan fingerprint density at radius 3 is 2.72 bits per heavy atom. The first kappa shape index (κ1) is 19.7. The molecule has 0 saturated heterocycles. The Labute approximate surface area is 177 Å². The van der Waals surface area contributed by atoms with Crippen LogP contribution in [0.25, 0.3) is 22.2 Å². The second-order valence-corrected chi connectivity index (χ2v) is 9.06. The molecule has 0 aliphatic carbocycles. The Kier molecular flexibility index (Phi) is 5.19. The van der Waals surface area contributed by atoms with Crippen LogP contribution in [0.4, 0.5) is 10.2 Å². The molecule has 0 bridgehead atoms. The number of hydrogen-bond donors (Lipinski definition) is 1. The first-order chi connectivity index (χ1) is 13.9. The number of nitrogens with one attached hydrogen (secondary N) is 1. The van der Waals surface area contributed by atoms with Gasteiger partial charge in [-0.3, -0.25) is 4.72 Å². The lowest BCUT2D eigenvalue weighted by molar-refractivity contribution is 0.415. The van der Waals surface area contributed by atoms with Crippen LogP contribution < -0.4 is 9.46 Å². The first-order valence-electron chi connectivity index (χ1n) is 8.10. The van der Waals surface area contributed by atoms with Crippen LogP contribution in [0.5, 0.6) is 5.75 Å². The molecule has 0 aliphatic rings. The fraction of sp³-hybridized carbons (Fsp3) is 0.0556. The molecule has 0 saturated carbocycles. The molecular formula is C18H12BrFN4O3S2. The highest BCUT2D eigenvalue weighted by Gasteiger charge is 2.19. The molecule has 0 amide bonds. The summed E-state index contributed by atoms with van der Waals surface area (Å²) in [5, 5.41) is 2.22. The van der Waals surface area contributed by atoms with Crippen molar-refractivity contribution < 1.29 is 17.5 Å². The number of anilines is 1. The van der Waals surface area contributed by atoms with E-state index in [1.54, 1.807) is 17.5 Å². The maximum atomic E-state index is 14.1. The van der Waals surface area contributed by atoms with Crippen molar-refractivity contribution in [3.05, 3.63) is 58.4 Å². The van der Waals surface area contributed by atoms with Crippen LogP contribution in [-0.2, 0) is 10.0 Å². The van der Waals surface area contributed by atoms with Crippen LogP contribution in [0.3, 0.4) is 0 Å². The van der Waals surface area contributed by atoms with Crippen LogP contribution in [0, 0.1) is 5.82 Å². The van der Waals surface area contributed by atoms with E-state index in [0.29, 0.717) is 27.9 Å². The van der Waals surface area contributed by atoms with E-state index in [1.165, 1.54) is 37.7 Å². The van der Waals surface area contributed by atoms with E-state index in [4.69, 9.17) is 4.74 Å². The summed E-state index contributed by atoms with van der Waals surface area (Å²) in [6.45, 7) is 0. The fourth-order valence-corrected chi connectivity index (χ4v) is 4.63. The summed E-state index contributed by atoms with van der Waals surface area (Å²) in [6, 6.07) is 8.83. The molecular weight excluding hydrogens is 483 g/mol. The van der Waals surface area contributed by atoms with Gasteiger partial charge in [-0.2, -0.15) is 4.37 Å². The molecule has 0 fully saturated rings. The lowest BCUT2D eigenvalue weighted by Crippen LogP contribution is -2.13. The van der Waals surface area contributed by atoms with E-state index in [-0.39, 0.29) is 15.2 Å². The average molecular weight is 495 g/mol. The van der Waals surface area contributed by atoms with E-state index in [0.717, 1.165) is 11.5 Å². The monoisotopic (exact) mass is 494 g/mol. The molecule has 29 heavy (non-hydrogen) atoms. The Balaban J connectivity index is 1.83. The van der Waals surface area contributed by atoms with Crippen molar-refractivity contribution in [1.29, 1.82) is 0 Å². The second kappa shape index (κ2) is 7.65. The summed E-state index contributed by atoms with van der Waals surface area (Å²) in [5.41, 5.74) is 1.24. The van der Waals surface area contributed by atoms with Gasteiger partial charge in [0.1, 0.15) is 17.9 Å². The number of benzene rings is 2. The smallest absolute Gasteiger partial charge is 0.263 e. The molecule has 0 spiro atoms. The topological polar surface area (TPSA) is 94.1 Å². The van der Waals surface area contributed by atoms with Crippen LogP contribution in [-0.4, -0.2) is 29.9 Å². The number of methoxy groups -OCH3 is 1. The van der Waals surface area contributed by atoms with Gasteiger partial charge in [0.05, 0.1) is 27.7 Å². The quantitative estimate of drug-likeness (QED) is 0.439. The highest BCUT2D eigenvalue weighted by Crippen LogP contribution is 2.36. The summed E-state index contributed by atoms with van der Waals surface area (Å²) in [7, 11) is -2.36. The van der Waals surface area contributed by atoms with Crippen molar-refractivity contribution in [2.45, 2.75) is 4.90 Å². The van der Waals surface area contributed by atoms with Crippen LogP contribution in [0.1, 0.15) is 0 Å². The second-order valence-electron chi connectivity index (χ2n) is 5.86. The molecule has 148 valence electrons. The van der Waals surface area contributed by atoms with Gasteiger partial charge >= 0.3 is 0 Å². The molecule has 0 atom stereocenters. The van der Waals surface area contributed by atoms with Gasteiger partial charge < -0.3 is 4.74 Å². The third kappa shape index (κ3) is 3.80. The molecule has 0 aliphatic heterocycles. The minimum Gasteiger partial charge on any atom is -0.496 e. The summed E-state index contributed by atoms with van der Waals surface area (Å²) >= 11 is 4.27. The van der Waals surface area contributed by atoms with E-state index >= 15 is 0 Å². The summed E-state index contributed by atoms with van der Waals surface area (Å²) in [5.74, 6) is 0.188. The van der Waals surface area contributed by atoms with Gasteiger partial charge in [-0.1, -0.05) is 0 Å². The number of hydrogen-bond acceptors (Lipinski definition) is 7. The Hall–Kier alpha value is -2.63. The first-order valence-corrected chi connectivity index (χ1v) is 11.2. The lowest BCUT2D eigenvalue weighted by Gasteiger charge is -2.12. The highest BCUT2D eigenvalue weighted by atomic mass is 79.9. The Morgan fingerprint density at radius 1 is 1.17 bits per heavy atom. The van der Waals surface area contributed by atoms with E-state index in [2.05, 4.69) is 35.0 Å². The zero-order valence-electron chi connectivity index (χ0n) is 14.8. The van der Waals surface area contributed by atoms with Gasteiger partial charge in [-0.25, -0.2) is 22.8 Å². The molecule has 2 aromatic carbocycles. The van der Waals surface area contributed by atoms with Crippen molar-refractivity contribution in [2.75, 3.05) is 11.8 Å². The molecule has 2 aromatic heterocycles. The zero-order chi connectivity index (χ0) is 20.6. The lowest BCUT2D eigenvalue weighted by atomic mass is 10.1. The number of aromatic nitrogens is 3. The summed E-state index contributed by atoms with van der Waals surface area (Å²) in [4.78, 5) is 8.46. The minimum absolute atomic E-state index is 0.0246. The van der Waals surface area contributed by atoms with Crippen LogP contribution in [0.2, 0.25) is 0 Å². The van der Waals surface area contributed by atoms with E-state index in [1.807, 2.05) is 0 Å². The Bertz CT molecular complexity index is 1310. The zero-order valence-corrected chi connectivity index (χ0v) is 18.0. The Morgan fingerprint density at radius 2 is 2.00 bits per heavy atom. The normalized spacial score (nSPS) is 11.6. The number of ether oxygens (including phenoxy) is 1. The maximum Gasteiger partial charge on any atom is 0.263 e. The molecule has 4 rings (SSSR count). The number of halogens is 2. The van der Waals surface area contributed by atoms with Crippen molar-refractivity contribution in [3.8, 4) is 17.0 Å². The molecule has 2 heterocycles. The van der Waals surface area contributed by atoms with Gasteiger partial charge in [0.25, 0.3) is 10.0 Å².